The normalized spacial score (nSPS) is 12.2. The second kappa shape index (κ2) is 6.72. The molecule has 1 atom stereocenters. The predicted molar refractivity (Wildman–Crippen MR) is 84.4 cm³/mol. The second-order valence-corrected chi connectivity index (χ2v) is 5.14. The van der Waals surface area contributed by atoms with Crippen LogP contribution in [-0.4, -0.2) is 13.7 Å². The van der Waals surface area contributed by atoms with Gasteiger partial charge in [-0.15, -0.1) is 0 Å². The highest BCUT2D eigenvalue weighted by atomic mass is 19.1. The van der Waals surface area contributed by atoms with Crippen molar-refractivity contribution in [2.45, 2.75) is 26.8 Å². The summed E-state index contributed by atoms with van der Waals surface area (Å²) in [5.41, 5.74) is 4.11. The lowest BCUT2D eigenvalue weighted by Crippen LogP contribution is -2.24. The fourth-order valence-electron chi connectivity index (χ4n) is 2.59. The molecular weight excluding hydrogens is 265 g/mol. The first-order valence-electron chi connectivity index (χ1n) is 7.22. The molecule has 0 aromatic heterocycles. The van der Waals surface area contributed by atoms with Gasteiger partial charge in [0, 0.05) is 5.56 Å². The molecule has 0 fully saturated rings. The van der Waals surface area contributed by atoms with E-state index in [2.05, 4.69) is 31.3 Å². The average molecular weight is 287 g/mol. The van der Waals surface area contributed by atoms with Crippen LogP contribution in [0.25, 0.3) is 0 Å². The van der Waals surface area contributed by atoms with Crippen LogP contribution in [0.2, 0.25) is 0 Å². The zero-order chi connectivity index (χ0) is 15.4. The molecule has 0 aliphatic heterocycles. The summed E-state index contributed by atoms with van der Waals surface area (Å²) in [4.78, 5) is 0. The molecule has 1 unspecified atom stereocenters. The van der Waals surface area contributed by atoms with Gasteiger partial charge in [-0.3, -0.25) is 0 Å². The molecule has 21 heavy (non-hydrogen) atoms. The first-order chi connectivity index (χ1) is 10.1. The maximum atomic E-state index is 14.6. The zero-order valence-corrected chi connectivity index (χ0v) is 13.0. The standard InChI is InChI=1S/C18H22FNO/c1-5-20-18(14-9-6-8-12(2)13(14)3)15-10-7-11-16(21-4)17(15)19/h6-11,18,20H,5H2,1-4H3. The largest absolute Gasteiger partial charge is 0.494 e. The summed E-state index contributed by atoms with van der Waals surface area (Å²) in [6.45, 7) is 6.93. The van der Waals surface area contributed by atoms with Crippen molar-refractivity contribution in [3.8, 4) is 5.75 Å². The topological polar surface area (TPSA) is 21.3 Å². The Hall–Kier alpha value is -1.87. The number of halogens is 1. The third kappa shape index (κ3) is 3.08. The summed E-state index contributed by atoms with van der Waals surface area (Å²) in [6.07, 6.45) is 0. The van der Waals surface area contributed by atoms with Crippen molar-refractivity contribution >= 4 is 0 Å². The van der Waals surface area contributed by atoms with Gasteiger partial charge in [-0.05, 0) is 43.1 Å². The van der Waals surface area contributed by atoms with Crippen LogP contribution in [0.4, 0.5) is 4.39 Å². The van der Waals surface area contributed by atoms with E-state index >= 15 is 0 Å². The molecule has 0 heterocycles. The molecule has 0 amide bonds. The van der Waals surface area contributed by atoms with E-state index in [9.17, 15) is 4.39 Å². The van der Waals surface area contributed by atoms with E-state index in [4.69, 9.17) is 4.74 Å². The number of aryl methyl sites for hydroxylation is 1. The Kier molecular flexibility index (Phi) is 4.97. The van der Waals surface area contributed by atoms with Gasteiger partial charge in [-0.2, -0.15) is 0 Å². The van der Waals surface area contributed by atoms with Crippen molar-refractivity contribution in [2.24, 2.45) is 0 Å². The molecule has 0 saturated heterocycles. The first-order valence-corrected chi connectivity index (χ1v) is 7.22. The van der Waals surface area contributed by atoms with Crippen LogP contribution in [0.15, 0.2) is 36.4 Å². The molecule has 0 saturated carbocycles. The monoisotopic (exact) mass is 287 g/mol. The first kappa shape index (κ1) is 15.5. The maximum absolute atomic E-state index is 14.6. The summed E-state index contributed by atoms with van der Waals surface area (Å²) >= 11 is 0. The van der Waals surface area contributed by atoms with E-state index < -0.39 is 0 Å². The Morgan fingerprint density at radius 3 is 2.43 bits per heavy atom. The van der Waals surface area contributed by atoms with Gasteiger partial charge in [0.05, 0.1) is 13.2 Å². The Labute approximate surface area is 126 Å². The molecule has 3 heteroatoms. The molecule has 1 N–H and O–H groups in total. The third-order valence-corrected chi connectivity index (χ3v) is 3.89. The van der Waals surface area contributed by atoms with Crippen LogP contribution in [0.1, 0.15) is 35.2 Å². The summed E-state index contributed by atoms with van der Waals surface area (Å²) in [5, 5.41) is 3.38. The predicted octanol–water partition coefficient (Wildman–Crippen LogP) is 4.15. The molecule has 0 radical (unpaired) electrons. The number of ether oxygens (including phenoxy) is 1. The van der Waals surface area contributed by atoms with Gasteiger partial charge in [0.1, 0.15) is 0 Å². The van der Waals surface area contributed by atoms with Crippen LogP contribution < -0.4 is 10.1 Å². The van der Waals surface area contributed by atoms with Gasteiger partial charge >= 0.3 is 0 Å². The summed E-state index contributed by atoms with van der Waals surface area (Å²) in [5.74, 6) is -0.0208. The highest BCUT2D eigenvalue weighted by molar-refractivity contribution is 5.43. The average Bonchev–Trinajstić information content (AvgIpc) is 2.49. The number of benzene rings is 2. The van der Waals surface area contributed by atoms with E-state index in [0.29, 0.717) is 5.56 Å². The Balaban J connectivity index is 2.56. The van der Waals surface area contributed by atoms with Gasteiger partial charge in [-0.1, -0.05) is 37.3 Å². The SMILES string of the molecule is CCNC(c1cccc(C)c1C)c1cccc(OC)c1F. The Bertz CT molecular complexity index is 625. The van der Waals surface area contributed by atoms with Crippen molar-refractivity contribution in [1.29, 1.82) is 0 Å². The van der Waals surface area contributed by atoms with E-state index in [1.54, 1.807) is 6.07 Å². The summed E-state index contributed by atoms with van der Waals surface area (Å²) in [6, 6.07) is 11.2. The van der Waals surface area contributed by atoms with Gasteiger partial charge in [0.15, 0.2) is 11.6 Å². The van der Waals surface area contributed by atoms with Crippen molar-refractivity contribution in [2.75, 3.05) is 13.7 Å². The molecule has 0 spiro atoms. The van der Waals surface area contributed by atoms with Crippen LogP contribution >= 0.6 is 0 Å². The highest BCUT2D eigenvalue weighted by Crippen LogP contribution is 2.31. The summed E-state index contributed by atoms with van der Waals surface area (Å²) < 4.78 is 19.7. The van der Waals surface area contributed by atoms with Gasteiger partial charge in [0.2, 0.25) is 0 Å². The summed E-state index contributed by atoms with van der Waals surface area (Å²) in [7, 11) is 1.49. The number of rotatable bonds is 5. The molecule has 112 valence electrons. The Morgan fingerprint density at radius 2 is 1.76 bits per heavy atom. The number of hydrogen-bond donors (Lipinski definition) is 1. The number of hydrogen-bond acceptors (Lipinski definition) is 2. The smallest absolute Gasteiger partial charge is 0.170 e. The number of nitrogens with one attached hydrogen (secondary N) is 1. The van der Waals surface area contributed by atoms with Crippen LogP contribution in [-0.2, 0) is 0 Å². The lowest BCUT2D eigenvalue weighted by Gasteiger charge is -2.23. The minimum absolute atomic E-state index is 0.176. The lowest BCUT2D eigenvalue weighted by atomic mass is 9.92. The fourth-order valence-corrected chi connectivity index (χ4v) is 2.59. The van der Waals surface area contributed by atoms with E-state index in [-0.39, 0.29) is 17.6 Å². The van der Waals surface area contributed by atoms with Crippen LogP contribution in [0.3, 0.4) is 0 Å². The quantitative estimate of drug-likeness (QED) is 0.892. The molecule has 0 bridgehead atoms. The van der Waals surface area contributed by atoms with Crippen LogP contribution in [0.5, 0.6) is 5.75 Å². The molecule has 2 aromatic rings. The van der Waals surface area contributed by atoms with Gasteiger partial charge in [0.25, 0.3) is 0 Å². The Morgan fingerprint density at radius 1 is 1.10 bits per heavy atom. The van der Waals surface area contributed by atoms with Crippen molar-refractivity contribution < 1.29 is 9.13 Å². The maximum Gasteiger partial charge on any atom is 0.170 e. The number of methoxy groups -OCH3 is 1. The second-order valence-electron chi connectivity index (χ2n) is 5.14. The molecule has 0 aliphatic rings. The molecule has 2 aromatic carbocycles. The molecule has 0 aliphatic carbocycles. The minimum atomic E-state index is -0.299. The van der Waals surface area contributed by atoms with Gasteiger partial charge in [-0.25, -0.2) is 4.39 Å². The van der Waals surface area contributed by atoms with Gasteiger partial charge < -0.3 is 10.1 Å². The molecule has 2 nitrogen and oxygen atoms in total. The lowest BCUT2D eigenvalue weighted by molar-refractivity contribution is 0.381. The van der Waals surface area contributed by atoms with Crippen molar-refractivity contribution in [1.82, 2.24) is 5.32 Å². The molecular formula is C18H22FNO. The zero-order valence-electron chi connectivity index (χ0n) is 13.0. The third-order valence-electron chi connectivity index (χ3n) is 3.89. The van der Waals surface area contributed by atoms with E-state index in [1.165, 1.54) is 18.2 Å². The van der Waals surface area contributed by atoms with Crippen molar-refractivity contribution in [3.63, 3.8) is 0 Å². The van der Waals surface area contributed by atoms with Crippen LogP contribution in [0, 0.1) is 19.7 Å². The van der Waals surface area contributed by atoms with E-state index in [0.717, 1.165) is 12.1 Å². The minimum Gasteiger partial charge on any atom is -0.494 e. The fraction of sp³-hybridized carbons (Fsp3) is 0.333. The van der Waals surface area contributed by atoms with E-state index in [1.807, 2.05) is 25.1 Å². The molecule has 2 rings (SSSR count). The van der Waals surface area contributed by atoms with Crippen molar-refractivity contribution in [3.05, 3.63) is 64.5 Å². The highest BCUT2D eigenvalue weighted by Gasteiger charge is 2.21.